The summed E-state index contributed by atoms with van der Waals surface area (Å²) in [6, 6.07) is 16.7. The van der Waals surface area contributed by atoms with Crippen molar-refractivity contribution in [2.75, 3.05) is 5.32 Å². The molecule has 1 N–H and O–H groups in total. The average molecular weight is 426 g/mol. The van der Waals surface area contributed by atoms with Crippen molar-refractivity contribution < 1.29 is 18.3 Å². The first-order chi connectivity index (χ1) is 14.6. The maximum Gasteiger partial charge on any atom is 0.291 e. The van der Waals surface area contributed by atoms with Crippen LogP contribution in [0.2, 0.25) is 5.02 Å². The van der Waals surface area contributed by atoms with Crippen LogP contribution in [0.3, 0.4) is 0 Å². The summed E-state index contributed by atoms with van der Waals surface area (Å²) in [6.07, 6.45) is 3.12. The minimum atomic E-state index is -0.418. The van der Waals surface area contributed by atoms with Crippen molar-refractivity contribution in [1.29, 1.82) is 0 Å². The highest BCUT2D eigenvalue weighted by Crippen LogP contribution is 2.18. The van der Waals surface area contributed by atoms with Crippen molar-refractivity contribution in [3.05, 3.63) is 101 Å². The summed E-state index contributed by atoms with van der Waals surface area (Å²) < 4.78 is 26.4. The SMILES string of the molecule is O=C(Nc1cnn(Cc2ccccc2F)c1)c1ccc(COc2ccc(Cl)cc2)o1. The van der Waals surface area contributed by atoms with Crippen LogP contribution in [-0.4, -0.2) is 15.7 Å². The second kappa shape index (κ2) is 8.84. The molecule has 0 radical (unpaired) electrons. The van der Waals surface area contributed by atoms with E-state index in [2.05, 4.69) is 10.4 Å². The van der Waals surface area contributed by atoms with Gasteiger partial charge in [-0.3, -0.25) is 9.48 Å². The van der Waals surface area contributed by atoms with Crippen molar-refractivity contribution in [3.8, 4) is 5.75 Å². The number of carbonyl (C=O) groups is 1. The van der Waals surface area contributed by atoms with Crippen LogP contribution in [-0.2, 0) is 13.2 Å². The fourth-order valence-corrected chi connectivity index (χ4v) is 2.90. The third-order valence-electron chi connectivity index (χ3n) is 4.26. The van der Waals surface area contributed by atoms with Crippen LogP contribution in [0.1, 0.15) is 21.9 Å². The molecule has 0 atom stereocenters. The number of furan rings is 1. The van der Waals surface area contributed by atoms with Gasteiger partial charge in [-0.25, -0.2) is 4.39 Å². The van der Waals surface area contributed by atoms with E-state index in [4.69, 9.17) is 20.8 Å². The molecule has 6 nitrogen and oxygen atoms in total. The number of hydrogen-bond donors (Lipinski definition) is 1. The lowest BCUT2D eigenvalue weighted by Gasteiger charge is -2.04. The lowest BCUT2D eigenvalue weighted by atomic mass is 10.2. The van der Waals surface area contributed by atoms with E-state index in [0.717, 1.165) is 0 Å². The van der Waals surface area contributed by atoms with Crippen LogP contribution in [0.15, 0.2) is 77.5 Å². The summed E-state index contributed by atoms with van der Waals surface area (Å²) in [5.74, 6) is 0.571. The molecule has 0 aliphatic rings. The Morgan fingerprint density at radius 3 is 2.73 bits per heavy atom. The molecule has 0 spiro atoms. The molecule has 2 aromatic heterocycles. The fourth-order valence-electron chi connectivity index (χ4n) is 2.77. The number of nitrogens with zero attached hydrogens (tertiary/aromatic N) is 2. The van der Waals surface area contributed by atoms with Crippen molar-refractivity contribution in [3.63, 3.8) is 0 Å². The highest BCUT2D eigenvalue weighted by Gasteiger charge is 2.13. The van der Waals surface area contributed by atoms with Crippen LogP contribution in [0.25, 0.3) is 0 Å². The van der Waals surface area contributed by atoms with Crippen molar-refractivity contribution >= 4 is 23.2 Å². The number of anilines is 1. The van der Waals surface area contributed by atoms with Crippen molar-refractivity contribution in [1.82, 2.24) is 9.78 Å². The molecule has 0 bridgehead atoms. The number of halogens is 2. The van der Waals surface area contributed by atoms with Crippen LogP contribution >= 0.6 is 11.6 Å². The van der Waals surface area contributed by atoms with E-state index in [1.807, 2.05) is 0 Å². The molecule has 2 heterocycles. The number of rotatable bonds is 7. The molecule has 0 aliphatic heterocycles. The Hall–Kier alpha value is -3.58. The zero-order chi connectivity index (χ0) is 20.9. The second-order valence-corrected chi connectivity index (χ2v) is 6.92. The van der Waals surface area contributed by atoms with Gasteiger partial charge in [-0.2, -0.15) is 5.10 Å². The molecule has 4 aromatic rings. The fraction of sp³-hybridized carbons (Fsp3) is 0.0909. The molecule has 0 saturated heterocycles. The predicted molar refractivity (Wildman–Crippen MR) is 110 cm³/mol. The molecule has 30 heavy (non-hydrogen) atoms. The van der Waals surface area contributed by atoms with E-state index < -0.39 is 5.91 Å². The normalized spacial score (nSPS) is 10.7. The summed E-state index contributed by atoms with van der Waals surface area (Å²) in [5, 5.41) is 7.48. The lowest BCUT2D eigenvalue weighted by Crippen LogP contribution is -2.10. The molecular formula is C22H17ClFN3O3. The van der Waals surface area contributed by atoms with Gasteiger partial charge in [0.1, 0.15) is 23.9 Å². The standard InChI is InChI=1S/C22H17ClFN3O3/c23-16-5-7-18(8-6-16)29-14-19-9-10-21(30-19)22(28)26-17-11-25-27(13-17)12-15-3-1-2-4-20(15)24/h1-11,13H,12,14H2,(H,26,28). The third kappa shape index (κ3) is 4.87. The van der Waals surface area contributed by atoms with E-state index in [1.54, 1.807) is 65.5 Å². The van der Waals surface area contributed by atoms with Gasteiger partial charge in [0, 0.05) is 16.8 Å². The lowest BCUT2D eigenvalue weighted by molar-refractivity contribution is 0.0992. The zero-order valence-electron chi connectivity index (χ0n) is 15.7. The Labute approximate surface area is 176 Å². The second-order valence-electron chi connectivity index (χ2n) is 6.48. The highest BCUT2D eigenvalue weighted by atomic mass is 35.5. The summed E-state index contributed by atoms with van der Waals surface area (Å²) in [6.45, 7) is 0.435. The van der Waals surface area contributed by atoms with Gasteiger partial charge in [0.25, 0.3) is 5.91 Å². The number of benzene rings is 2. The molecule has 4 rings (SSSR count). The van der Waals surface area contributed by atoms with Crippen LogP contribution in [0.4, 0.5) is 10.1 Å². The third-order valence-corrected chi connectivity index (χ3v) is 4.51. The molecule has 2 aromatic carbocycles. The van der Waals surface area contributed by atoms with Gasteiger partial charge in [-0.1, -0.05) is 29.8 Å². The first-order valence-corrected chi connectivity index (χ1v) is 9.49. The molecule has 1 amide bonds. The Kier molecular flexibility index (Phi) is 5.81. The minimum Gasteiger partial charge on any atom is -0.486 e. The van der Waals surface area contributed by atoms with Gasteiger partial charge in [0.15, 0.2) is 5.76 Å². The number of amides is 1. The summed E-state index contributed by atoms with van der Waals surface area (Å²) in [4.78, 5) is 12.4. The highest BCUT2D eigenvalue weighted by molar-refractivity contribution is 6.30. The molecule has 152 valence electrons. The number of ether oxygens (including phenoxy) is 1. The van der Waals surface area contributed by atoms with Crippen molar-refractivity contribution in [2.45, 2.75) is 13.2 Å². The first kappa shape index (κ1) is 19.7. The predicted octanol–water partition coefficient (Wildman–Crippen LogP) is 5.15. The van der Waals surface area contributed by atoms with Crippen LogP contribution in [0, 0.1) is 5.82 Å². The van der Waals surface area contributed by atoms with Gasteiger partial charge in [0.2, 0.25) is 0 Å². The molecule has 0 saturated carbocycles. The number of carbonyl (C=O) groups excluding carboxylic acids is 1. The number of nitrogens with one attached hydrogen (secondary N) is 1. The van der Waals surface area contributed by atoms with Crippen molar-refractivity contribution in [2.24, 2.45) is 0 Å². The van der Waals surface area contributed by atoms with Gasteiger partial charge in [-0.15, -0.1) is 0 Å². The molecule has 8 heteroatoms. The Bertz CT molecular complexity index is 1150. The minimum absolute atomic E-state index is 0.145. The summed E-state index contributed by atoms with van der Waals surface area (Å²) >= 11 is 5.84. The number of aromatic nitrogens is 2. The maximum absolute atomic E-state index is 13.8. The summed E-state index contributed by atoms with van der Waals surface area (Å²) in [5.41, 5.74) is 0.988. The Morgan fingerprint density at radius 2 is 1.93 bits per heavy atom. The zero-order valence-corrected chi connectivity index (χ0v) is 16.5. The van der Waals surface area contributed by atoms with Gasteiger partial charge in [-0.05, 0) is 42.5 Å². The maximum atomic E-state index is 13.8. The van der Waals surface area contributed by atoms with E-state index in [9.17, 15) is 9.18 Å². The van der Waals surface area contributed by atoms with Crippen LogP contribution in [0.5, 0.6) is 5.75 Å². The van der Waals surface area contributed by atoms with E-state index >= 15 is 0 Å². The van der Waals surface area contributed by atoms with E-state index in [-0.39, 0.29) is 24.7 Å². The van der Waals surface area contributed by atoms with Gasteiger partial charge in [0.05, 0.1) is 18.4 Å². The van der Waals surface area contributed by atoms with E-state index in [0.29, 0.717) is 27.8 Å². The monoisotopic (exact) mass is 425 g/mol. The molecular weight excluding hydrogens is 409 g/mol. The average Bonchev–Trinajstić information content (AvgIpc) is 3.39. The Morgan fingerprint density at radius 1 is 1.13 bits per heavy atom. The van der Waals surface area contributed by atoms with Crippen LogP contribution < -0.4 is 10.1 Å². The molecule has 0 fully saturated rings. The number of hydrogen-bond acceptors (Lipinski definition) is 4. The smallest absolute Gasteiger partial charge is 0.291 e. The topological polar surface area (TPSA) is 69.3 Å². The Balaban J connectivity index is 1.34. The molecule has 0 aliphatic carbocycles. The van der Waals surface area contributed by atoms with Gasteiger partial charge >= 0.3 is 0 Å². The molecule has 0 unspecified atom stereocenters. The van der Waals surface area contributed by atoms with E-state index in [1.165, 1.54) is 12.3 Å². The van der Waals surface area contributed by atoms with Gasteiger partial charge < -0.3 is 14.5 Å². The summed E-state index contributed by atoms with van der Waals surface area (Å²) in [7, 11) is 0. The first-order valence-electron chi connectivity index (χ1n) is 9.11. The quantitative estimate of drug-likeness (QED) is 0.444. The largest absolute Gasteiger partial charge is 0.486 e.